The van der Waals surface area contributed by atoms with Gasteiger partial charge in [-0.15, -0.1) is 10.2 Å². The van der Waals surface area contributed by atoms with Gasteiger partial charge in [-0.1, -0.05) is 6.07 Å². The Kier molecular flexibility index (Phi) is 1.48. The fourth-order valence-corrected chi connectivity index (χ4v) is 0.902. The summed E-state index contributed by atoms with van der Waals surface area (Å²) in [5.74, 6) is 1.21. The first-order valence-electron chi connectivity index (χ1n) is 3.44. The molecule has 0 fully saturated rings. The van der Waals surface area contributed by atoms with Crippen LogP contribution in [0.4, 0.5) is 5.82 Å². The van der Waals surface area contributed by atoms with E-state index in [-0.39, 0.29) is 0 Å². The second kappa shape index (κ2) is 2.61. The lowest BCUT2D eigenvalue weighted by Crippen LogP contribution is -1.97. The highest BCUT2D eigenvalue weighted by Gasteiger charge is 1.96. The van der Waals surface area contributed by atoms with Crippen molar-refractivity contribution in [3.8, 4) is 5.82 Å². The summed E-state index contributed by atoms with van der Waals surface area (Å²) < 4.78 is 1.69. The Labute approximate surface area is 68.9 Å². The van der Waals surface area contributed by atoms with E-state index in [9.17, 15) is 0 Å². The summed E-state index contributed by atoms with van der Waals surface area (Å²) in [6.45, 7) is 0. The summed E-state index contributed by atoms with van der Waals surface area (Å²) in [5.41, 5.74) is 5.50. The largest absolute Gasteiger partial charge is 0.384 e. The predicted octanol–water partition coefficient (Wildman–Crippen LogP) is 0.244. The third-order valence-corrected chi connectivity index (χ3v) is 1.44. The standard InChI is InChI=1S/C7H7N5/c8-6-2-1-3-7(11-6)12-4-9-10-5-12/h1-5H,(H2,8,11). The van der Waals surface area contributed by atoms with E-state index in [2.05, 4.69) is 15.2 Å². The van der Waals surface area contributed by atoms with Crippen LogP contribution in [0.1, 0.15) is 0 Å². The number of nitrogens with zero attached hydrogens (tertiary/aromatic N) is 4. The molecule has 2 aromatic heterocycles. The number of anilines is 1. The fourth-order valence-electron chi connectivity index (χ4n) is 0.902. The van der Waals surface area contributed by atoms with E-state index in [1.165, 1.54) is 0 Å². The molecule has 2 heterocycles. The van der Waals surface area contributed by atoms with Gasteiger partial charge in [-0.3, -0.25) is 4.57 Å². The van der Waals surface area contributed by atoms with Crippen LogP contribution in [-0.4, -0.2) is 19.7 Å². The van der Waals surface area contributed by atoms with Gasteiger partial charge in [0.15, 0.2) is 0 Å². The van der Waals surface area contributed by atoms with Gasteiger partial charge in [0.25, 0.3) is 0 Å². The number of aromatic nitrogens is 4. The molecule has 5 heteroatoms. The molecule has 12 heavy (non-hydrogen) atoms. The van der Waals surface area contributed by atoms with Gasteiger partial charge < -0.3 is 5.73 Å². The van der Waals surface area contributed by atoms with Crippen molar-refractivity contribution in [1.82, 2.24) is 19.7 Å². The smallest absolute Gasteiger partial charge is 0.141 e. The van der Waals surface area contributed by atoms with E-state index in [1.54, 1.807) is 23.3 Å². The molecule has 0 atom stereocenters. The van der Waals surface area contributed by atoms with Crippen molar-refractivity contribution in [2.75, 3.05) is 5.73 Å². The third kappa shape index (κ3) is 1.12. The van der Waals surface area contributed by atoms with Crippen LogP contribution in [0.2, 0.25) is 0 Å². The highest BCUT2D eigenvalue weighted by Crippen LogP contribution is 2.04. The van der Waals surface area contributed by atoms with Crippen LogP contribution < -0.4 is 5.73 Å². The van der Waals surface area contributed by atoms with Crippen molar-refractivity contribution in [2.45, 2.75) is 0 Å². The van der Waals surface area contributed by atoms with E-state index >= 15 is 0 Å². The summed E-state index contributed by atoms with van der Waals surface area (Å²) >= 11 is 0. The number of nitrogens with two attached hydrogens (primary N) is 1. The molecule has 2 rings (SSSR count). The van der Waals surface area contributed by atoms with Gasteiger partial charge in [0.05, 0.1) is 0 Å². The topological polar surface area (TPSA) is 69.6 Å². The molecule has 2 N–H and O–H groups in total. The lowest BCUT2D eigenvalue weighted by atomic mass is 10.4. The van der Waals surface area contributed by atoms with Gasteiger partial charge >= 0.3 is 0 Å². The van der Waals surface area contributed by atoms with Crippen molar-refractivity contribution in [1.29, 1.82) is 0 Å². The Balaban J connectivity index is 2.48. The summed E-state index contributed by atoms with van der Waals surface area (Å²) in [4.78, 5) is 4.08. The number of rotatable bonds is 1. The normalized spacial score (nSPS) is 10.0. The maximum absolute atomic E-state index is 5.50. The van der Waals surface area contributed by atoms with Crippen LogP contribution >= 0.6 is 0 Å². The Morgan fingerprint density at radius 2 is 1.92 bits per heavy atom. The number of hydrogen-bond donors (Lipinski definition) is 1. The van der Waals surface area contributed by atoms with Crippen molar-refractivity contribution in [3.05, 3.63) is 30.9 Å². The molecule has 0 aliphatic heterocycles. The number of nitrogen functional groups attached to an aromatic ring is 1. The Morgan fingerprint density at radius 1 is 1.17 bits per heavy atom. The second-order valence-corrected chi connectivity index (χ2v) is 2.29. The zero-order chi connectivity index (χ0) is 8.39. The molecular formula is C7H7N5. The second-order valence-electron chi connectivity index (χ2n) is 2.29. The molecule has 0 bridgehead atoms. The average molecular weight is 161 g/mol. The van der Waals surface area contributed by atoms with Gasteiger partial charge in [-0.25, -0.2) is 4.98 Å². The average Bonchev–Trinajstić information content (AvgIpc) is 2.56. The number of pyridine rings is 1. The summed E-state index contributed by atoms with van der Waals surface area (Å²) in [7, 11) is 0. The highest BCUT2D eigenvalue weighted by molar-refractivity contribution is 5.34. The van der Waals surface area contributed by atoms with Crippen molar-refractivity contribution in [3.63, 3.8) is 0 Å². The molecule has 0 spiro atoms. The molecule has 0 saturated carbocycles. The van der Waals surface area contributed by atoms with Crippen LogP contribution in [0, 0.1) is 0 Å². The first kappa shape index (κ1) is 6.78. The zero-order valence-electron chi connectivity index (χ0n) is 6.25. The van der Waals surface area contributed by atoms with E-state index in [1.807, 2.05) is 12.1 Å². The minimum Gasteiger partial charge on any atom is -0.384 e. The number of hydrogen-bond acceptors (Lipinski definition) is 4. The fraction of sp³-hybridized carbons (Fsp3) is 0. The van der Waals surface area contributed by atoms with Crippen LogP contribution in [-0.2, 0) is 0 Å². The van der Waals surface area contributed by atoms with Crippen molar-refractivity contribution >= 4 is 5.82 Å². The van der Waals surface area contributed by atoms with Crippen LogP contribution in [0.25, 0.3) is 5.82 Å². The Morgan fingerprint density at radius 3 is 2.58 bits per heavy atom. The van der Waals surface area contributed by atoms with Crippen molar-refractivity contribution in [2.24, 2.45) is 0 Å². The van der Waals surface area contributed by atoms with Crippen LogP contribution in [0.3, 0.4) is 0 Å². The molecule has 0 aliphatic carbocycles. The molecular weight excluding hydrogens is 154 g/mol. The lowest BCUT2D eigenvalue weighted by molar-refractivity contribution is 0.995. The van der Waals surface area contributed by atoms with Crippen molar-refractivity contribution < 1.29 is 0 Å². The minimum atomic E-state index is 0.487. The SMILES string of the molecule is Nc1cccc(-n2cnnc2)n1. The molecule has 2 aromatic rings. The van der Waals surface area contributed by atoms with E-state index in [0.29, 0.717) is 5.82 Å². The van der Waals surface area contributed by atoms with Crippen LogP contribution in [0.15, 0.2) is 30.9 Å². The summed E-state index contributed by atoms with van der Waals surface area (Å²) in [6, 6.07) is 5.39. The molecule has 0 radical (unpaired) electrons. The quantitative estimate of drug-likeness (QED) is 0.650. The van der Waals surface area contributed by atoms with Gasteiger partial charge in [-0.05, 0) is 12.1 Å². The maximum Gasteiger partial charge on any atom is 0.141 e. The monoisotopic (exact) mass is 161 g/mol. The Hall–Kier alpha value is -1.91. The summed E-state index contributed by atoms with van der Waals surface area (Å²) in [6.07, 6.45) is 3.14. The highest BCUT2D eigenvalue weighted by atomic mass is 15.3. The van der Waals surface area contributed by atoms with Gasteiger partial charge in [0.1, 0.15) is 24.3 Å². The molecule has 0 unspecified atom stereocenters. The van der Waals surface area contributed by atoms with Crippen LogP contribution in [0.5, 0.6) is 0 Å². The van der Waals surface area contributed by atoms with E-state index < -0.39 is 0 Å². The third-order valence-electron chi connectivity index (χ3n) is 1.44. The first-order chi connectivity index (χ1) is 5.86. The molecule has 0 amide bonds. The van der Waals surface area contributed by atoms with Gasteiger partial charge in [0, 0.05) is 0 Å². The first-order valence-corrected chi connectivity index (χ1v) is 3.44. The molecule has 0 aromatic carbocycles. The minimum absolute atomic E-state index is 0.487. The maximum atomic E-state index is 5.50. The summed E-state index contributed by atoms with van der Waals surface area (Å²) in [5, 5.41) is 7.32. The van der Waals surface area contributed by atoms with E-state index in [4.69, 9.17) is 5.73 Å². The molecule has 0 saturated heterocycles. The lowest BCUT2D eigenvalue weighted by Gasteiger charge is -1.99. The van der Waals surface area contributed by atoms with E-state index in [0.717, 1.165) is 5.82 Å². The molecule has 60 valence electrons. The van der Waals surface area contributed by atoms with Gasteiger partial charge in [0.2, 0.25) is 0 Å². The zero-order valence-corrected chi connectivity index (χ0v) is 6.25. The Bertz CT molecular complexity index is 367. The molecule has 0 aliphatic rings. The van der Waals surface area contributed by atoms with Gasteiger partial charge in [-0.2, -0.15) is 0 Å². The predicted molar refractivity (Wildman–Crippen MR) is 43.6 cm³/mol. The molecule has 5 nitrogen and oxygen atoms in total.